The summed E-state index contributed by atoms with van der Waals surface area (Å²) in [5.41, 5.74) is 0.998. The van der Waals surface area contributed by atoms with Crippen molar-refractivity contribution in [1.29, 1.82) is 0 Å². The molecule has 0 bridgehead atoms. The van der Waals surface area contributed by atoms with E-state index in [1.807, 2.05) is 7.05 Å². The maximum Gasteiger partial charge on any atom is 0.310 e. The molecule has 1 aromatic rings. The summed E-state index contributed by atoms with van der Waals surface area (Å²) in [5.74, 6) is 2.21. The highest BCUT2D eigenvalue weighted by molar-refractivity contribution is 7.99. The zero-order valence-electron chi connectivity index (χ0n) is 10.6. The van der Waals surface area contributed by atoms with E-state index < -0.39 is 4.92 Å². The number of rotatable bonds is 8. The number of hydrogen-bond acceptors (Lipinski definition) is 5. The van der Waals surface area contributed by atoms with Crippen molar-refractivity contribution in [2.24, 2.45) is 0 Å². The minimum atomic E-state index is -0.411. The van der Waals surface area contributed by atoms with Crippen LogP contribution in [0.2, 0.25) is 0 Å². The van der Waals surface area contributed by atoms with Gasteiger partial charge in [-0.3, -0.25) is 10.1 Å². The maximum absolute atomic E-state index is 10.9. The van der Waals surface area contributed by atoms with Gasteiger partial charge in [0.25, 0.3) is 0 Å². The average Bonchev–Trinajstić information content (AvgIpc) is 2.35. The second kappa shape index (κ2) is 7.94. The lowest BCUT2D eigenvalue weighted by atomic mass is 10.2. The van der Waals surface area contributed by atoms with Gasteiger partial charge in [-0.25, -0.2) is 0 Å². The molecule has 0 aromatic heterocycles. The SMILES string of the molecule is CCSCCOc1cc(CNC)ccc1[N+](=O)[O-]. The Hall–Kier alpha value is -1.27. The van der Waals surface area contributed by atoms with Crippen LogP contribution in [0.3, 0.4) is 0 Å². The molecule has 0 atom stereocenters. The van der Waals surface area contributed by atoms with Crippen molar-refractivity contribution in [1.82, 2.24) is 5.32 Å². The van der Waals surface area contributed by atoms with Crippen molar-refractivity contribution in [3.8, 4) is 5.75 Å². The molecule has 0 unspecified atom stereocenters. The summed E-state index contributed by atoms with van der Waals surface area (Å²) in [6.07, 6.45) is 0. The fourth-order valence-electron chi connectivity index (χ4n) is 1.49. The number of nitro groups is 1. The Labute approximate surface area is 111 Å². The van der Waals surface area contributed by atoms with Gasteiger partial charge < -0.3 is 10.1 Å². The highest BCUT2D eigenvalue weighted by atomic mass is 32.2. The summed E-state index contributed by atoms with van der Waals surface area (Å²) < 4.78 is 5.50. The highest BCUT2D eigenvalue weighted by Crippen LogP contribution is 2.28. The summed E-state index contributed by atoms with van der Waals surface area (Å²) in [6, 6.07) is 4.96. The van der Waals surface area contributed by atoms with Crippen LogP contribution in [-0.2, 0) is 6.54 Å². The van der Waals surface area contributed by atoms with E-state index in [0.717, 1.165) is 17.1 Å². The molecule has 1 aromatic carbocycles. The van der Waals surface area contributed by atoms with Crippen LogP contribution in [0.4, 0.5) is 5.69 Å². The molecular formula is C12H18N2O3S. The normalized spacial score (nSPS) is 10.3. The van der Waals surface area contributed by atoms with Gasteiger partial charge in [0.05, 0.1) is 11.5 Å². The van der Waals surface area contributed by atoms with E-state index in [9.17, 15) is 10.1 Å². The van der Waals surface area contributed by atoms with Gasteiger partial charge in [-0.05, 0) is 24.4 Å². The molecule has 5 nitrogen and oxygen atoms in total. The lowest BCUT2D eigenvalue weighted by Crippen LogP contribution is -2.07. The van der Waals surface area contributed by atoms with Gasteiger partial charge in [0.2, 0.25) is 0 Å². The summed E-state index contributed by atoms with van der Waals surface area (Å²) in [6.45, 7) is 3.22. The summed E-state index contributed by atoms with van der Waals surface area (Å²) in [4.78, 5) is 10.5. The molecule has 0 saturated heterocycles. The number of ether oxygens (including phenoxy) is 1. The second-order valence-electron chi connectivity index (χ2n) is 3.63. The van der Waals surface area contributed by atoms with Crippen LogP contribution in [-0.4, -0.2) is 30.1 Å². The number of hydrogen-bond donors (Lipinski definition) is 1. The Morgan fingerprint density at radius 3 is 2.89 bits per heavy atom. The fraction of sp³-hybridized carbons (Fsp3) is 0.500. The van der Waals surface area contributed by atoms with Gasteiger partial charge in [-0.1, -0.05) is 13.0 Å². The summed E-state index contributed by atoms with van der Waals surface area (Å²) in [7, 11) is 1.83. The molecule has 1 N–H and O–H groups in total. The number of nitrogens with zero attached hydrogens (tertiary/aromatic N) is 1. The Morgan fingerprint density at radius 2 is 2.28 bits per heavy atom. The van der Waals surface area contributed by atoms with Crippen LogP contribution in [0.15, 0.2) is 18.2 Å². The van der Waals surface area contributed by atoms with Gasteiger partial charge in [-0.2, -0.15) is 11.8 Å². The van der Waals surface area contributed by atoms with Crippen molar-refractivity contribution >= 4 is 17.4 Å². The van der Waals surface area contributed by atoms with Crippen LogP contribution in [0.1, 0.15) is 12.5 Å². The molecule has 1 rings (SSSR count). The third-order valence-corrected chi connectivity index (χ3v) is 3.15. The van der Waals surface area contributed by atoms with Crippen molar-refractivity contribution < 1.29 is 9.66 Å². The van der Waals surface area contributed by atoms with E-state index in [4.69, 9.17) is 4.74 Å². The molecule has 0 radical (unpaired) electrons. The van der Waals surface area contributed by atoms with E-state index in [0.29, 0.717) is 18.9 Å². The topological polar surface area (TPSA) is 64.4 Å². The lowest BCUT2D eigenvalue weighted by molar-refractivity contribution is -0.385. The molecule has 0 spiro atoms. The number of nitro benzene ring substituents is 1. The third kappa shape index (κ3) is 4.54. The Balaban J connectivity index is 2.76. The molecule has 0 fully saturated rings. The fourth-order valence-corrected chi connectivity index (χ4v) is 1.98. The first-order chi connectivity index (χ1) is 8.69. The van der Waals surface area contributed by atoms with Gasteiger partial charge in [0, 0.05) is 18.4 Å². The van der Waals surface area contributed by atoms with Crippen molar-refractivity contribution in [2.75, 3.05) is 25.2 Å². The summed E-state index contributed by atoms with van der Waals surface area (Å²) >= 11 is 1.75. The molecular weight excluding hydrogens is 252 g/mol. The smallest absolute Gasteiger partial charge is 0.310 e. The number of thioether (sulfide) groups is 1. The Morgan fingerprint density at radius 1 is 1.50 bits per heavy atom. The third-order valence-electron chi connectivity index (χ3n) is 2.29. The molecule has 18 heavy (non-hydrogen) atoms. The molecule has 0 heterocycles. The number of benzene rings is 1. The monoisotopic (exact) mass is 270 g/mol. The van der Waals surface area contributed by atoms with E-state index >= 15 is 0 Å². The minimum absolute atomic E-state index is 0.0244. The first-order valence-electron chi connectivity index (χ1n) is 5.81. The summed E-state index contributed by atoms with van der Waals surface area (Å²) in [5, 5.41) is 13.9. The standard InChI is InChI=1S/C12H18N2O3S/c1-3-18-7-6-17-12-8-10(9-13-2)4-5-11(12)14(15)16/h4-5,8,13H,3,6-7,9H2,1-2H3. The van der Waals surface area contributed by atoms with Gasteiger partial charge in [0.1, 0.15) is 0 Å². The molecule has 0 aliphatic heterocycles. The average molecular weight is 270 g/mol. The van der Waals surface area contributed by atoms with Crippen molar-refractivity contribution in [3.05, 3.63) is 33.9 Å². The second-order valence-corrected chi connectivity index (χ2v) is 5.03. The quantitative estimate of drug-likeness (QED) is 0.446. The molecule has 6 heteroatoms. The minimum Gasteiger partial charge on any atom is -0.486 e. The van der Waals surface area contributed by atoms with Gasteiger partial charge in [0.15, 0.2) is 5.75 Å². The number of nitrogens with one attached hydrogen (secondary N) is 1. The zero-order valence-corrected chi connectivity index (χ0v) is 11.5. The largest absolute Gasteiger partial charge is 0.486 e. The van der Waals surface area contributed by atoms with Gasteiger partial charge >= 0.3 is 5.69 Å². The zero-order chi connectivity index (χ0) is 13.4. The van der Waals surface area contributed by atoms with E-state index in [1.54, 1.807) is 23.9 Å². The molecule has 0 saturated carbocycles. The predicted molar refractivity (Wildman–Crippen MR) is 74.4 cm³/mol. The van der Waals surface area contributed by atoms with Crippen molar-refractivity contribution in [2.45, 2.75) is 13.5 Å². The van der Waals surface area contributed by atoms with E-state index in [1.165, 1.54) is 6.07 Å². The van der Waals surface area contributed by atoms with Crippen LogP contribution in [0.5, 0.6) is 5.75 Å². The van der Waals surface area contributed by atoms with E-state index in [-0.39, 0.29) is 5.69 Å². The van der Waals surface area contributed by atoms with Crippen molar-refractivity contribution in [3.63, 3.8) is 0 Å². The van der Waals surface area contributed by atoms with Crippen LogP contribution < -0.4 is 10.1 Å². The molecule has 100 valence electrons. The molecule has 0 aliphatic rings. The predicted octanol–water partition coefficient (Wildman–Crippen LogP) is 2.45. The van der Waals surface area contributed by atoms with E-state index in [2.05, 4.69) is 12.2 Å². The first kappa shape index (κ1) is 14.8. The molecule has 0 aliphatic carbocycles. The molecule has 0 amide bonds. The highest BCUT2D eigenvalue weighted by Gasteiger charge is 2.15. The lowest BCUT2D eigenvalue weighted by Gasteiger charge is -2.08. The Kier molecular flexibility index (Phi) is 6.53. The van der Waals surface area contributed by atoms with Gasteiger partial charge in [-0.15, -0.1) is 0 Å². The van der Waals surface area contributed by atoms with Crippen LogP contribution >= 0.6 is 11.8 Å². The maximum atomic E-state index is 10.9. The van der Waals surface area contributed by atoms with Crippen LogP contribution in [0.25, 0.3) is 0 Å². The Bertz CT molecular complexity index is 399. The first-order valence-corrected chi connectivity index (χ1v) is 6.97. The van der Waals surface area contributed by atoms with Crippen LogP contribution in [0, 0.1) is 10.1 Å².